The van der Waals surface area contributed by atoms with Gasteiger partial charge in [-0.15, -0.1) is 0 Å². The van der Waals surface area contributed by atoms with Crippen LogP contribution in [-0.4, -0.2) is 19.0 Å². The molecule has 4 saturated carbocycles. The fraction of sp³-hybridized carbons (Fsp3) is 0.964. The van der Waals surface area contributed by atoms with Crippen molar-refractivity contribution >= 4 is 5.78 Å². The number of hydrogen-bond donors (Lipinski definition) is 0. The zero-order valence-corrected chi connectivity index (χ0v) is 20.0. The average molecular weight is 417 g/mol. The van der Waals surface area contributed by atoms with Crippen LogP contribution in [-0.2, 0) is 9.53 Å². The first-order valence-electron chi connectivity index (χ1n) is 13.7. The van der Waals surface area contributed by atoms with Crippen LogP contribution in [0, 0.1) is 41.4 Å². The summed E-state index contributed by atoms with van der Waals surface area (Å²) < 4.78 is 5.89. The third kappa shape index (κ3) is 5.51. The molecule has 0 aromatic carbocycles. The third-order valence-corrected chi connectivity index (χ3v) is 10.00. The van der Waals surface area contributed by atoms with Crippen LogP contribution < -0.4 is 0 Å². The van der Waals surface area contributed by atoms with E-state index in [-0.39, 0.29) is 12.0 Å². The first-order chi connectivity index (χ1) is 14.7. The van der Waals surface area contributed by atoms with Crippen molar-refractivity contribution < 1.29 is 9.53 Å². The summed E-state index contributed by atoms with van der Waals surface area (Å²) in [6.45, 7) is 2.42. The Morgan fingerprint density at radius 3 is 1.63 bits per heavy atom. The van der Waals surface area contributed by atoms with E-state index in [4.69, 9.17) is 4.74 Å². The van der Waals surface area contributed by atoms with E-state index in [1.165, 1.54) is 96.3 Å². The number of carbonyl (C=O) groups is 1. The molecule has 1 atom stereocenters. The smallest absolute Gasteiger partial charge is 0.164 e. The Hall–Kier alpha value is -0.370. The topological polar surface area (TPSA) is 26.3 Å². The molecule has 1 unspecified atom stereocenters. The summed E-state index contributed by atoms with van der Waals surface area (Å²) in [7, 11) is 1.80. The van der Waals surface area contributed by atoms with Crippen LogP contribution in [0.1, 0.15) is 116 Å². The van der Waals surface area contributed by atoms with Crippen molar-refractivity contribution in [2.75, 3.05) is 7.11 Å². The molecule has 4 rings (SSSR count). The molecule has 4 aliphatic carbocycles. The second-order valence-electron chi connectivity index (χ2n) is 11.8. The minimum atomic E-state index is -0.117. The van der Waals surface area contributed by atoms with Gasteiger partial charge in [-0.1, -0.05) is 51.9 Å². The lowest BCUT2D eigenvalue weighted by molar-refractivity contribution is -0.138. The summed E-state index contributed by atoms with van der Waals surface area (Å²) >= 11 is 0. The summed E-state index contributed by atoms with van der Waals surface area (Å²) in [5.41, 5.74) is 0. The predicted octanol–water partition coefficient (Wildman–Crippen LogP) is 7.59. The number of rotatable bonds is 6. The number of methoxy groups -OCH3 is 1. The van der Waals surface area contributed by atoms with E-state index in [9.17, 15) is 4.79 Å². The molecule has 172 valence electrons. The monoisotopic (exact) mass is 416 g/mol. The molecule has 0 saturated heterocycles. The van der Waals surface area contributed by atoms with E-state index in [1.54, 1.807) is 7.11 Å². The molecule has 0 spiro atoms. The summed E-state index contributed by atoms with van der Waals surface area (Å²) in [6.07, 6.45) is 22.9. The highest BCUT2D eigenvalue weighted by Crippen LogP contribution is 2.44. The second kappa shape index (κ2) is 11.0. The van der Waals surface area contributed by atoms with Crippen molar-refractivity contribution in [1.82, 2.24) is 0 Å². The molecule has 0 radical (unpaired) electrons. The van der Waals surface area contributed by atoms with Gasteiger partial charge in [0.1, 0.15) is 6.10 Å². The summed E-state index contributed by atoms with van der Waals surface area (Å²) in [6, 6.07) is 0. The van der Waals surface area contributed by atoms with Gasteiger partial charge in [-0.25, -0.2) is 0 Å². The second-order valence-corrected chi connectivity index (χ2v) is 11.8. The highest BCUT2D eigenvalue weighted by molar-refractivity contribution is 5.85. The molecule has 0 N–H and O–H groups in total. The fourth-order valence-corrected chi connectivity index (χ4v) is 7.93. The van der Waals surface area contributed by atoms with E-state index < -0.39 is 0 Å². The van der Waals surface area contributed by atoms with Gasteiger partial charge in [0, 0.05) is 13.0 Å². The molecule has 0 bridgehead atoms. The van der Waals surface area contributed by atoms with Crippen molar-refractivity contribution in [3.05, 3.63) is 0 Å². The van der Waals surface area contributed by atoms with Crippen LogP contribution in [0.4, 0.5) is 0 Å². The number of hydrogen-bond acceptors (Lipinski definition) is 2. The standard InChI is InChI=1S/C28H48O2/c1-20-8-10-22(11-9-20)24-14-18-26(19-15-24)28(30-2)27(29)25-16-12-23(13-17-25)21-6-4-3-5-7-21/h20-26,28H,3-19H2,1-2H3. The minimum Gasteiger partial charge on any atom is -0.373 e. The maximum Gasteiger partial charge on any atom is 0.164 e. The summed E-state index contributed by atoms with van der Waals surface area (Å²) in [5, 5.41) is 0. The SMILES string of the molecule is COC(C(=O)C1CCC(C2CCCCC2)CC1)C1CCC(C2CCC(C)CC2)CC1. The van der Waals surface area contributed by atoms with Gasteiger partial charge >= 0.3 is 0 Å². The predicted molar refractivity (Wildman–Crippen MR) is 124 cm³/mol. The van der Waals surface area contributed by atoms with E-state index in [0.29, 0.717) is 11.7 Å². The Labute approximate surface area is 186 Å². The van der Waals surface area contributed by atoms with Gasteiger partial charge in [0.2, 0.25) is 0 Å². The summed E-state index contributed by atoms with van der Waals surface area (Å²) in [5.74, 6) is 5.94. The Morgan fingerprint density at radius 1 is 0.633 bits per heavy atom. The number of carbonyl (C=O) groups excluding carboxylic acids is 1. The normalized spacial score (nSPS) is 40.1. The van der Waals surface area contributed by atoms with E-state index in [1.807, 2.05) is 0 Å². The molecule has 30 heavy (non-hydrogen) atoms. The van der Waals surface area contributed by atoms with Gasteiger partial charge in [-0.05, 0) is 99.7 Å². The molecule has 0 amide bonds. The first-order valence-corrected chi connectivity index (χ1v) is 13.7. The van der Waals surface area contributed by atoms with Gasteiger partial charge in [0.05, 0.1) is 0 Å². The van der Waals surface area contributed by atoms with Crippen molar-refractivity contribution in [3.8, 4) is 0 Å². The first kappa shape index (κ1) is 22.8. The molecule has 4 fully saturated rings. The van der Waals surface area contributed by atoms with Gasteiger partial charge in [0.15, 0.2) is 5.78 Å². The molecular weight excluding hydrogens is 368 g/mol. The van der Waals surface area contributed by atoms with E-state index in [0.717, 1.165) is 42.4 Å². The van der Waals surface area contributed by atoms with Gasteiger partial charge < -0.3 is 4.74 Å². The molecule has 0 aromatic heterocycles. The molecule has 2 heteroatoms. The third-order valence-electron chi connectivity index (χ3n) is 10.00. The highest BCUT2D eigenvalue weighted by atomic mass is 16.5. The Bertz CT molecular complexity index is 513. The lowest BCUT2D eigenvalue weighted by Gasteiger charge is -2.40. The quantitative estimate of drug-likeness (QED) is 0.446. The van der Waals surface area contributed by atoms with Gasteiger partial charge in [-0.2, -0.15) is 0 Å². The average Bonchev–Trinajstić information content (AvgIpc) is 2.81. The van der Waals surface area contributed by atoms with Crippen molar-refractivity contribution in [2.24, 2.45) is 41.4 Å². The molecule has 0 aliphatic heterocycles. The molecule has 2 nitrogen and oxygen atoms in total. The lowest BCUT2D eigenvalue weighted by atomic mass is 9.67. The van der Waals surface area contributed by atoms with Crippen LogP contribution in [0.5, 0.6) is 0 Å². The van der Waals surface area contributed by atoms with Crippen molar-refractivity contribution in [1.29, 1.82) is 0 Å². The highest BCUT2D eigenvalue weighted by Gasteiger charge is 2.39. The van der Waals surface area contributed by atoms with Crippen LogP contribution >= 0.6 is 0 Å². The van der Waals surface area contributed by atoms with Crippen LogP contribution in [0.3, 0.4) is 0 Å². The largest absolute Gasteiger partial charge is 0.373 e. The number of ketones is 1. The maximum atomic E-state index is 13.4. The zero-order valence-electron chi connectivity index (χ0n) is 20.0. The van der Waals surface area contributed by atoms with Crippen molar-refractivity contribution in [3.63, 3.8) is 0 Å². The van der Waals surface area contributed by atoms with Crippen molar-refractivity contribution in [2.45, 2.75) is 122 Å². The minimum absolute atomic E-state index is 0.117. The summed E-state index contributed by atoms with van der Waals surface area (Å²) in [4.78, 5) is 13.4. The number of Topliss-reactive ketones (excluding diaryl/α,β-unsaturated/α-hetero) is 1. The fourth-order valence-electron chi connectivity index (χ4n) is 7.93. The van der Waals surface area contributed by atoms with E-state index in [2.05, 4.69) is 6.92 Å². The van der Waals surface area contributed by atoms with Gasteiger partial charge in [0.25, 0.3) is 0 Å². The van der Waals surface area contributed by atoms with Gasteiger partial charge in [-0.3, -0.25) is 4.79 Å². The van der Waals surface area contributed by atoms with Crippen LogP contribution in [0.2, 0.25) is 0 Å². The molecule has 4 aliphatic rings. The van der Waals surface area contributed by atoms with Crippen LogP contribution in [0.15, 0.2) is 0 Å². The maximum absolute atomic E-state index is 13.4. The molecular formula is C28H48O2. The Morgan fingerprint density at radius 2 is 1.10 bits per heavy atom. The Kier molecular flexibility index (Phi) is 8.34. The Balaban J connectivity index is 1.23. The molecule has 0 heterocycles. The lowest BCUT2D eigenvalue weighted by Crippen LogP contribution is -2.40. The number of ether oxygens (including phenoxy) is 1. The van der Waals surface area contributed by atoms with Crippen LogP contribution in [0.25, 0.3) is 0 Å². The zero-order chi connectivity index (χ0) is 20.9. The molecule has 0 aromatic rings. The van der Waals surface area contributed by atoms with E-state index >= 15 is 0 Å².